The first-order valence-electron chi connectivity index (χ1n) is 13.8. The van der Waals surface area contributed by atoms with Crippen LogP contribution in [0, 0.1) is 6.92 Å². The minimum Gasteiger partial charge on any atom is -0.507 e. The van der Waals surface area contributed by atoms with Gasteiger partial charge in [0.1, 0.15) is 17.3 Å². The predicted octanol–water partition coefficient (Wildman–Crippen LogP) is 7.49. The summed E-state index contributed by atoms with van der Waals surface area (Å²) in [5, 5.41) is 11.5. The average Bonchev–Trinajstić information content (AvgIpc) is 3.17. The number of ketones is 1. The largest absolute Gasteiger partial charge is 0.507 e. The van der Waals surface area contributed by atoms with Crippen LogP contribution in [0.25, 0.3) is 5.76 Å². The highest BCUT2D eigenvalue weighted by Crippen LogP contribution is 2.43. The van der Waals surface area contributed by atoms with Gasteiger partial charge in [-0.1, -0.05) is 52.0 Å². The van der Waals surface area contributed by atoms with Gasteiger partial charge in [0.2, 0.25) is 0 Å². The summed E-state index contributed by atoms with van der Waals surface area (Å²) in [4.78, 5) is 28.6. The Morgan fingerprint density at radius 2 is 1.62 bits per heavy atom. The summed E-state index contributed by atoms with van der Waals surface area (Å²) in [6.45, 7) is 14.8. The topological polar surface area (TPSA) is 76.1 Å². The van der Waals surface area contributed by atoms with E-state index in [1.807, 2.05) is 76.2 Å². The standard InChI is InChI=1S/C34H39NO5/c1-8-19-39-28-18-11-24(20-22(28)4)31(36)29-30(23-9-16-27(17-10-23)40-21(2)3)35(33(38)32(29)37)26-14-12-25(13-15-26)34(5,6)7/h9-18,20-21,30,36H,8,19H2,1-7H3/b31-29-. The third-order valence-electron chi connectivity index (χ3n) is 6.93. The molecule has 1 amide bonds. The lowest BCUT2D eigenvalue weighted by molar-refractivity contribution is -0.132. The molecule has 1 aliphatic heterocycles. The van der Waals surface area contributed by atoms with E-state index in [9.17, 15) is 14.7 Å². The molecule has 0 saturated carbocycles. The fourth-order valence-electron chi connectivity index (χ4n) is 4.86. The van der Waals surface area contributed by atoms with Gasteiger partial charge in [0.25, 0.3) is 11.7 Å². The predicted molar refractivity (Wildman–Crippen MR) is 159 cm³/mol. The molecular weight excluding hydrogens is 502 g/mol. The number of nitrogens with zero attached hydrogens (tertiary/aromatic N) is 1. The van der Waals surface area contributed by atoms with Crippen LogP contribution in [0.2, 0.25) is 0 Å². The van der Waals surface area contributed by atoms with Gasteiger partial charge in [-0.3, -0.25) is 14.5 Å². The number of benzene rings is 3. The summed E-state index contributed by atoms with van der Waals surface area (Å²) in [5.74, 6) is -0.227. The number of aliphatic hydroxyl groups excluding tert-OH is 1. The van der Waals surface area contributed by atoms with Gasteiger partial charge >= 0.3 is 0 Å². The minimum absolute atomic E-state index is 0.00494. The number of hydrogen-bond acceptors (Lipinski definition) is 5. The molecule has 0 aromatic heterocycles. The number of amides is 1. The Bertz CT molecular complexity index is 1410. The minimum atomic E-state index is -0.815. The summed E-state index contributed by atoms with van der Waals surface area (Å²) < 4.78 is 11.6. The monoisotopic (exact) mass is 541 g/mol. The third kappa shape index (κ3) is 5.91. The lowest BCUT2D eigenvalue weighted by Crippen LogP contribution is -2.29. The molecular formula is C34H39NO5. The zero-order valence-electron chi connectivity index (χ0n) is 24.4. The van der Waals surface area contributed by atoms with E-state index in [1.165, 1.54) is 4.90 Å². The summed E-state index contributed by atoms with van der Waals surface area (Å²) in [6, 6.07) is 19.5. The fraction of sp³-hybridized carbons (Fsp3) is 0.353. The highest BCUT2D eigenvalue weighted by molar-refractivity contribution is 6.51. The molecule has 1 unspecified atom stereocenters. The Balaban J connectivity index is 1.85. The van der Waals surface area contributed by atoms with Crippen molar-refractivity contribution < 1.29 is 24.2 Å². The molecule has 4 rings (SSSR count). The maximum Gasteiger partial charge on any atom is 0.300 e. The van der Waals surface area contributed by atoms with Gasteiger partial charge in [0, 0.05) is 11.3 Å². The zero-order chi connectivity index (χ0) is 29.2. The smallest absolute Gasteiger partial charge is 0.300 e. The van der Waals surface area contributed by atoms with E-state index in [0.717, 1.165) is 23.3 Å². The summed E-state index contributed by atoms with van der Waals surface area (Å²) in [5.41, 5.74) is 3.65. The molecule has 6 heteroatoms. The second kappa shape index (κ2) is 11.6. The second-order valence-electron chi connectivity index (χ2n) is 11.5. The highest BCUT2D eigenvalue weighted by Gasteiger charge is 2.47. The van der Waals surface area contributed by atoms with Gasteiger partial charge in [-0.2, -0.15) is 0 Å². The van der Waals surface area contributed by atoms with Gasteiger partial charge in [-0.05, 0) is 91.8 Å². The van der Waals surface area contributed by atoms with Gasteiger partial charge in [0.05, 0.1) is 24.3 Å². The van der Waals surface area contributed by atoms with E-state index in [4.69, 9.17) is 9.47 Å². The van der Waals surface area contributed by atoms with Crippen molar-refractivity contribution in [3.8, 4) is 11.5 Å². The molecule has 3 aromatic rings. The van der Waals surface area contributed by atoms with Crippen molar-refractivity contribution >= 4 is 23.1 Å². The summed E-state index contributed by atoms with van der Waals surface area (Å²) in [7, 11) is 0. The van der Waals surface area contributed by atoms with Crippen LogP contribution in [0.3, 0.4) is 0 Å². The molecule has 0 aliphatic carbocycles. The van der Waals surface area contributed by atoms with E-state index < -0.39 is 17.7 Å². The average molecular weight is 542 g/mol. The molecule has 1 atom stereocenters. The fourth-order valence-corrected chi connectivity index (χ4v) is 4.86. The van der Waals surface area contributed by atoms with Crippen molar-refractivity contribution in [1.29, 1.82) is 0 Å². The molecule has 210 valence electrons. The first kappa shape index (κ1) is 28.9. The van der Waals surface area contributed by atoms with Gasteiger partial charge < -0.3 is 14.6 Å². The van der Waals surface area contributed by atoms with Crippen LogP contribution < -0.4 is 14.4 Å². The van der Waals surface area contributed by atoms with Crippen molar-refractivity contribution in [3.63, 3.8) is 0 Å². The normalized spacial score (nSPS) is 17.0. The SMILES string of the molecule is CCCOc1ccc(/C(O)=C2/C(=O)C(=O)N(c3ccc(C(C)(C)C)cc3)C2c2ccc(OC(C)C)cc2)cc1C. The van der Waals surface area contributed by atoms with Gasteiger partial charge in [0.15, 0.2) is 0 Å². The molecule has 3 aromatic carbocycles. The van der Waals surface area contributed by atoms with Crippen LogP contribution in [0.5, 0.6) is 11.5 Å². The second-order valence-corrected chi connectivity index (χ2v) is 11.5. The number of anilines is 1. The van der Waals surface area contributed by atoms with Crippen molar-refractivity contribution in [2.45, 2.75) is 72.4 Å². The lowest BCUT2D eigenvalue weighted by atomic mass is 9.87. The van der Waals surface area contributed by atoms with Crippen LogP contribution in [0.4, 0.5) is 5.69 Å². The first-order valence-corrected chi connectivity index (χ1v) is 13.8. The van der Waals surface area contributed by atoms with Crippen LogP contribution in [-0.4, -0.2) is 29.5 Å². The zero-order valence-corrected chi connectivity index (χ0v) is 24.4. The molecule has 1 aliphatic rings. The molecule has 1 heterocycles. The molecule has 40 heavy (non-hydrogen) atoms. The number of rotatable bonds is 8. The van der Waals surface area contributed by atoms with Crippen molar-refractivity contribution in [2.24, 2.45) is 0 Å². The quantitative estimate of drug-likeness (QED) is 0.182. The lowest BCUT2D eigenvalue weighted by Gasteiger charge is -2.27. The number of ether oxygens (including phenoxy) is 2. The number of carbonyl (C=O) groups is 2. The first-order chi connectivity index (χ1) is 18.9. The number of aryl methyl sites for hydroxylation is 1. The molecule has 1 N–H and O–H groups in total. The maximum absolute atomic E-state index is 13.6. The molecule has 0 spiro atoms. The molecule has 0 radical (unpaired) electrons. The van der Waals surface area contributed by atoms with E-state index in [0.29, 0.717) is 29.2 Å². The summed E-state index contributed by atoms with van der Waals surface area (Å²) >= 11 is 0. The van der Waals surface area contributed by atoms with Crippen LogP contribution in [0.15, 0.2) is 72.3 Å². The van der Waals surface area contributed by atoms with E-state index >= 15 is 0 Å². The van der Waals surface area contributed by atoms with Crippen molar-refractivity contribution in [2.75, 3.05) is 11.5 Å². The Kier molecular flexibility index (Phi) is 8.38. The molecule has 1 saturated heterocycles. The van der Waals surface area contributed by atoms with Crippen LogP contribution in [0.1, 0.15) is 76.3 Å². The summed E-state index contributed by atoms with van der Waals surface area (Å²) in [6.07, 6.45) is 0.882. The molecule has 6 nitrogen and oxygen atoms in total. The Labute approximate surface area is 237 Å². The maximum atomic E-state index is 13.6. The molecule has 1 fully saturated rings. The van der Waals surface area contributed by atoms with E-state index in [1.54, 1.807) is 18.2 Å². The highest BCUT2D eigenvalue weighted by atomic mass is 16.5. The number of aliphatic hydroxyl groups is 1. The van der Waals surface area contributed by atoms with Crippen LogP contribution >= 0.6 is 0 Å². The van der Waals surface area contributed by atoms with Crippen LogP contribution in [-0.2, 0) is 15.0 Å². The molecule has 0 bridgehead atoms. The van der Waals surface area contributed by atoms with E-state index in [-0.39, 0.29) is 22.9 Å². The number of Topliss-reactive ketones (excluding diaryl/α,β-unsaturated/α-hetero) is 1. The van der Waals surface area contributed by atoms with Gasteiger partial charge in [-0.25, -0.2) is 0 Å². The van der Waals surface area contributed by atoms with Crippen molar-refractivity contribution in [1.82, 2.24) is 0 Å². The Morgan fingerprint density at radius 1 is 0.975 bits per heavy atom. The van der Waals surface area contributed by atoms with Gasteiger partial charge in [-0.15, -0.1) is 0 Å². The van der Waals surface area contributed by atoms with Crippen molar-refractivity contribution in [3.05, 3.63) is 94.6 Å². The van der Waals surface area contributed by atoms with E-state index in [2.05, 4.69) is 20.8 Å². The number of hydrogen-bond donors (Lipinski definition) is 1. The third-order valence-corrected chi connectivity index (χ3v) is 6.93. The Hall–Kier alpha value is -4.06. The Morgan fingerprint density at radius 3 is 2.17 bits per heavy atom. The number of carbonyl (C=O) groups excluding carboxylic acids is 2.